The topological polar surface area (TPSA) is 94.3 Å². The summed E-state index contributed by atoms with van der Waals surface area (Å²) in [4.78, 5) is 3.79. The van der Waals surface area contributed by atoms with Crippen LogP contribution in [0.5, 0.6) is 0 Å². The fraction of sp³-hybridized carbons (Fsp3) is 0.500. The molecule has 0 amide bonds. The first-order valence-electron chi connectivity index (χ1n) is 6.03. The van der Waals surface area contributed by atoms with E-state index in [1.165, 1.54) is 22.6 Å². The third-order valence-corrected chi connectivity index (χ3v) is 4.48. The van der Waals surface area contributed by atoms with Gasteiger partial charge in [-0.15, -0.1) is 0 Å². The molecule has 1 rings (SSSR count). The third kappa shape index (κ3) is 3.99. The van der Waals surface area contributed by atoms with Crippen LogP contribution < -0.4 is 0 Å². The molecule has 0 aliphatic carbocycles. The molecule has 0 aromatic carbocycles. The number of rotatable bonds is 7. The van der Waals surface area contributed by atoms with Crippen LogP contribution in [0, 0.1) is 11.3 Å². The van der Waals surface area contributed by atoms with E-state index in [0.717, 1.165) is 12.8 Å². The van der Waals surface area contributed by atoms with Crippen LogP contribution in [-0.4, -0.2) is 42.5 Å². The number of nitrogens with zero attached hydrogens (tertiary/aromatic N) is 3. The van der Waals surface area contributed by atoms with Gasteiger partial charge in [-0.25, -0.2) is 13.4 Å². The number of hydrogen-bond donors (Lipinski definition) is 1. The van der Waals surface area contributed by atoms with E-state index in [-0.39, 0.29) is 23.7 Å². The highest BCUT2D eigenvalue weighted by Gasteiger charge is 2.23. The van der Waals surface area contributed by atoms with Gasteiger partial charge < -0.3 is 5.11 Å². The van der Waals surface area contributed by atoms with E-state index >= 15 is 0 Å². The summed E-state index contributed by atoms with van der Waals surface area (Å²) < 4.78 is 25.9. The van der Waals surface area contributed by atoms with Crippen molar-refractivity contribution >= 4 is 10.0 Å². The van der Waals surface area contributed by atoms with Crippen LogP contribution in [-0.2, 0) is 10.0 Å². The van der Waals surface area contributed by atoms with Crippen molar-refractivity contribution in [2.75, 3.05) is 19.7 Å². The van der Waals surface area contributed by atoms with Crippen LogP contribution in [0.2, 0.25) is 0 Å². The van der Waals surface area contributed by atoms with Crippen LogP contribution in [0.1, 0.15) is 25.5 Å². The molecule has 104 valence electrons. The first-order chi connectivity index (χ1) is 9.06. The SMILES string of the molecule is CCCCN(CCO)S(=O)(=O)c1ccc(C#N)nc1. The Balaban J connectivity index is 3.00. The molecule has 1 aromatic heterocycles. The number of aromatic nitrogens is 1. The van der Waals surface area contributed by atoms with Crippen LogP contribution in [0.3, 0.4) is 0 Å². The fourth-order valence-corrected chi connectivity index (χ4v) is 2.96. The number of nitriles is 1. The number of aliphatic hydroxyl groups is 1. The van der Waals surface area contributed by atoms with Crippen molar-refractivity contribution in [3.63, 3.8) is 0 Å². The first-order valence-corrected chi connectivity index (χ1v) is 7.47. The number of pyridine rings is 1. The van der Waals surface area contributed by atoms with E-state index < -0.39 is 10.0 Å². The molecule has 19 heavy (non-hydrogen) atoms. The van der Waals surface area contributed by atoms with Gasteiger partial charge in [0.05, 0.1) is 6.61 Å². The molecule has 0 spiro atoms. The Bertz CT molecular complexity index is 534. The van der Waals surface area contributed by atoms with Gasteiger partial charge in [-0.2, -0.15) is 9.57 Å². The normalized spacial score (nSPS) is 11.5. The molecular weight excluding hydrogens is 266 g/mol. The third-order valence-electron chi connectivity index (χ3n) is 2.60. The number of hydrogen-bond acceptors (Lipinski definition) is 5. The zero-order valence-electron chi connectivity index (χ0n) is 10.8. The van der Waals surface area contributed by atoms with Crippen LogP contribution in [0.4, 0.5) is 0 Å². The van der Waals surface area contributed by atoms with Crippen LogP contribution in [0.15, 0.2) is 23.2 Å². The van der Waals surface area contributed by atoms with Gasteiger partial charge in [-0.3, -0.25) is 0 Å². The molecule has 0 radical (unpaired) electrons. The molecule has 1 heterocycles. The number of sulfonamides is 1. The summed E-state index contributed by atoms with van der Waals surface area (Å²) in [7, 11) is -3.66. The second kappa shape index (κ2) is 7.19. The van der Waals surface area contributed by atoms with E-state index in [1.54, 1.807) is 0 Å². The Kier molecular flexibility index (Phi) is 5.89. The van der Waals surface area contributed by atoms with Crippen molar-refractivity contribution in [2.24, 2.45) is 0 Å². The summed E-state index contributed by atoms with van der Waals surface area (Å²) in [5.41, 5.74) is 0.168. The quantitative estimate of drug-likeness (QED) is 0.796. The summed E-state index contributed by atoms with van der Waals surface area (Å²) in [6.07, 6.45) is 2.76. The minimum Gasteiger partial charge on any atom is -0.395 e. The lowest BCUT2D eigenvalue weighted by atomic mass is 10.3. The zero-order valence-corrected chi connectivity index (χ0v) is 11.6. The largest absolute Gasteiger partial charge is 0.395 e. The van der Waals surface area contributed by atoms with Crippen LogP contribution in [0.25, 0.3) is 0 Å². The molecule has 0 unspecified atom stereocenters. The summed E-state index contributed by atoms with van der Waals surface area (Å²) in [5, 5.41) is 17.6. The Hall–Kier alpha value is -1.49. The lowest BCUT2D eigenvalue weighted by Gasteiger charge is -2.20. The molecule has 0 atom stereocenters. The Morgan fingerprint density at radius 3 is 2.63 bits per heavy atom. The van der Waals surface area contributed by atoms with Crippen molar-refractivity contribution in [3.05, 3.63) is 24.0 Å². The molecule has 0 bridgehead atoms. The second-order valence-corrected chi connectivity index (χ2v) is 5.91. The van der Waals surface area contributed by atoms with Gasteiger partial charge in [0.2, 0.25) is 10.0 Å². The highest BCUT2D eigenvalue weighted by molar-refractivity contribution is 7.89. The second-order valence-electron chi connectivity index (χ2n) is 3.97. The van der Waals surface area contributed by atoms with Gasteiger partial charge in [-0.05, 0) is 18.6 Å². The van der Waals surface area contributed by atoms with Gasteiger partial charge in [0.1, 0.15) is 16.7 Å². The van der Waals surface area contributed by atoms with Gasteiger partial charge in [-0.1, -0.05) is 13.3 Å². The lowest BCUT2D eigenvalue weighted by molar-refractivity contribution is 0.252. The van der Waals surface area contributed by atoms with Gasteiger partial charge >= 0.3 is 0 Å². The molecule has 6 nitrogen and oxygen atoms in total. The van der Waals surface area contributed by atoms with Gasteiger partial charge in [0.25, 0.3) is 0 Å². The molecule has 1 aromatic rings. The molecule has 0 aliphatic heterocycles. The summed E-state index contributed by atoms with van der Waals surface area (Å²) in [6, 6.07) is 4.56. The number of aliphatic hydroxyl groups excluding tert-OH is 1. The number of unbranched alkanes of at least 4 members (excludes halogenated alkanes) is 1. The fourth-order valence-electron chi connectivity index (χ4n) is 1.55. The smallest absolute Gasteiger partial charge is 0.244 e. The Labute approximate surface area is 113 Å². The highest BCUT2D eigenvalue weighted by atomic mass is 32.2. The average Bonchev–Trinajstić information content (AvgIpc) is 2.43. The predicted molar refractivity (Wildman–Crippen MR) is 69.7 cm³/mol. The van der Waals surface area contributed by atoms with Crippen molar-refractivity contribution < 1.29 is 13.5 Å². The van der Waals surface area contributed by atoms with Crippen molar-refractivity contribution in [3.8, 4) is 6.07 Å². The summed E-state index contributed by atoms with van der Waals surface area (Å²) in [5.74, 6) is 0. The monoisotopic (exact) mass is 283 g/mol. The maximum absolute atomic E-state index is 12.3. The van der Waals surface area contributed by atoms with Crippen LogP contribution >= 0.6 is 0 Å². The zero-order chi connectivity index (χ0) is 14.3. The highest BCUT2D eigenvalue weighted by Crippen LogP contribution is 2.15. The standard InChI is InChI=1S/C12H17N3O3S/c1-2-3-6-15(7-8-16)19(17,18)12-5-4-11(9-13)14-10-12/h4-5,10,16H,2-3,6-8H2,1H3. The Morgan fingerprint density at radius 2 is 2.16 bits per heavy atom. The molecule has 7 heteroatoms. The average molecular weight is 283 g/mol. The lowest BCUT2D eigenvalue weighted by Crippen LogP contribution is -2.34. The molecule has 0 aliphatic rings. The minimum atomic E-state index is -3.66. The molecule has 0 saturated heterocycles. The van der Waals surface area contributed by atoms with E-state index in [0.29, 0.717) is 6.54 Å². The summed E-state index contributed by atoms with van der Waals surface area (Å²) >= 11 is 0. The minimum absolute atomic E-state index is 0.0380. The van der Waals surface area contributed by atoms with E-state index in [9.17, 15) is 8.42 Å². The van der Waals surface area contributed by atoms with Crippen molar-refractivity contribution in [1.82, 2.24) is 9.29 Å². The molecule has 1 N–H and O–H groups in total. The molecular formula is C12H17N3O3S. The van der Waals surface area contributed by atoms with Gasteiger partial charge in [0.15, 0.2) is 0 Å². The van der Waals surface area contributed by atoms with Crippen molar-refractivity contribution in [2.45, 2.75) is 24.7 Å². The maximum atomic E-state index is 12.3. The van der Waals surface area contributed by atoms with E-state index in [2.05, 4.69) is 4.98 Å². The van der Waals surface area contributed by atoms with Gasteiger partial charge in [0, 0.05) is 19.3 Å². The summed E-state index contributed by atoms with van der Waals surface area (Å²) in [6.45, 7) is 2.15. The molecule has 0 fully saturated rings. The molecule has 0 saturated carbocycles. The van der Waals surface area contributed by atoms with E-state index in [1.807, 2.05) is 13.0 Å². The maximum Gasteiger partial charge on any atom is 0.244 e. The van der Waals surface area contributed by atoms with E-state index in [4.69, 9.17) is 10.4 Å². The Morgan fingerprint density at radius 1 is 1.42 bits per heavy atom. The van der Waals surface area contributed by atoms with Crippen molar-refractivity contribution in [1.29, 1.82) is 5.26 Å². The first kappa shape index (κ1) is 15.6. The predicted octanol–water partition coefficient (Wildman–Crippen LogP) is 0.736.